The summed E-state index contributed by atoms with van der Waals surface area (Å²) in [6, 6.07) is 0.814. The maximum Gasteiger partial charge on any atom is 0.0309 e. The summed E-state index contributed by atoms with van der Waals surface area (Å²) in [6.45, 7) is 6.72. The highest BCUT2D eigenvalue weighted by Crippen LogP contribution is 2.38. The van der Waals surface area contributed by atoms with Gasteiger partial charge in [-0.25, -0.2) is 0 Å². The van der Waals surface area contributed by atoms with E-state index >= 15 is 0 Å². The molecule has 100 valence electrons. The zero-order valence-corrected chi connectivity index (χ0v) is 11.8. The molecule has 0 radical (unpaired) electrons. The Morgan fingerprint density at radius 2 is 1.76 bits per heavy atom. The third-order valence-corrected chi connectivity index (χ3v) is 5.19. The van der Waals surface area contributed by atoms with Crippen LogP contribution in [-0.4, -0.2) is 29.6 Å². The predicted octanol–water partition coefficient (Wildman–Crippen LogP) is 3.16. The summed E-state index contributed by atoms with van der Waals surface area (Å²) in [4.78, 5) is 2.73. The van der Waals surface area contributed by atoms with Crippen molar-refractivity contribution in [1.82, 2.24) is 4.90 Å². The Balaban J connectivity index is 2.00. The van der Waals surface area contributed by atoms with Gasteiger partial charge in [-0.2, -0.15) is 0 Å². The SMILES string of the molecule is CCN(C1CCCC1)C(C)(CN)CC1CCC1. The Labute approximate surface area is 107 Å². The third kappa shape index (κ3) is 2.85. The Morgan fingerprint density at radius 3 is 2.18 bits per heavy atom. The van der Waals surface area contributed by atoms with E-state index in [2.05, 4.69) is 18.7 Å². The minimum Gasteiger partial charge on any atom is -0.329 e. The van der Waals surface area contributed by atoms with Gasteiger partial charge in [0.2, 0.25) is 0 Å². The summed E-state index contributed by atoms with van der Waals surface area (Å²) in [6.07, 6.45) is 11.3. The molecule has 1 unspecified atom stereocenters. The number of likely N-dealkylation sites (N-methyl/N-ethyl adjacent to an activating group) is 1. The maximum absolute atomic E-state index is 6.14. The molecule has 0 heterocycles. The van der Waals surface area contributed by atoms with Crippen molar-refractivity contribution in [3.05, 3.63) is 0 Å². The van der Waals surface area contributed by atoms with Crippen LogP contribution in [0.5, 0.6) is 0 Å². The van der Waals surface area contributed by atoms with Crippen molar-refractivity contribution in [2.45, 2.75) is 76.8 Å². The van der Waals surface area contributed by atoms with Crippen molar-refractivity contribution >= 4 is 0 Å². The minimum absolute atomic E-state index is 0.259. The molecule has 1 atom stereocenters. The normalized spacial score (nSPS) is 26.1. The van der Waals surface area contributed by atoms with Crippen molar-refractivity contribution < 1.29 is 0 Å². The van der Waals surface area contributed by atoms with Gasteiger partial charge in [-0.15, -0.1) is 0 Å². The zero-order chi connectivity index (χ0) is 12.3. The number of nitrogens with zero attached hydrogens (tertiary/aromatic N) is 1. The van der Waals surface area contributed by atoms with Crippen LogP contribution in [0.2, 0.25) is 0 Å². The summed E-state index contributed by atoms with van der Waals surface area (Å²) >= 11 is 0. The molecule has 2 aliphatic carbocycles. The molecule has 2 aliphatic rings. The van der Waals surface area contributed by atoms with Gasteiger partial charge < -0.3 is 5.73 Å². The number of nitrogens with two attached hydrogens (primary N) is 1. The fourth-order valence-corrected chi connectivity index (χ4v) is 3.93. The van der Waals surface area contributed by atoms with Crippen LogP contribution in [0.15, 0.2) is 0 Å². The average molecular weight is 238 g/mol. The monoisotopic (exact) mass is 238 g/mol. The highest BCUT2D eigenvalue weighted by atomic mass is 15.2. The lowest BCUT2D eigenvalue weighted by Crippen LogP contribution is -2.56. The lowest BCUT2D eigenvalue weighted by molar-refractivity contribution is 0.0366. The van der Waals surface area contributed by atoms with Crippen LogP contribution in [0.3, 0.4) is 0 Å². The summed E-state index contributed by atoms with van der Waals surface area (Å²) in [5.74, 6) is 0.957. The van der Waals surface area contributed by atoms with Gasteiger partial charge in [-0.05, 0) is 38.6 Å². The smallest absolute Gasteiger partial charge is 0.0309 e. The quantitative estimate of drug-likeness (QED) is 0.770. The van der Waals surface area contributed by atoms with Crippen LogP contribution in [0.25, 0.3) is 0 Å². The van der Waals surface area contributed by atoms with Crippen LogP contribution < -0.4 is 5.73 Å². The molecule has 0 aromatic carbocycles. The van der Waals surface area contributed by atoms with Crippen LogP contribution in [0.4, 0.5) is 0 Å². The zero-order valence-electron chi connectivity index (χ0n) is 11.8. The first-order valence-corrected chi connectivity index (χ1v) is 7.66. The highest BCUT2D eigenvalue weighted by Gasteiger charge is 2.38. The largest absolute Gasteiger partial charge is 0.329 e. The van der Waals surface area contributed by atoms with Gasteiger partial charge in [0.1, 0.15) is 0 Å². The van der Waals surface area contributed by atoms with Crippen LogP contribution in [0.1, 0.15) is 65.2 Å². The first-order valence-electron chi connectivity index (χ1n) is 7.66. The molecule has 0 aliphatic heterocycles. The molecular formula is C15H30N2. The molecule has 0 bridgehead atoms. The van der Waals surface area contributed by atoms with Crippen molar-refractivity contribution in [3.63, 3.8) is 0 Å². The molecular weight excluding hydrogens is 208 g/mol. The minimum atomic E-state index is 0.259. The van der Waals surface area contributed by atoms with Gasteiger partial charge in [-0.3, -0.25) is 4.90 Å². The topological polar surface area (TPSA) is 29.3 Å². The second kappa shape index (κ2) is 5.71. The first-order chi connectivity index (χ1) is 8.19. The molecule has 17 heavy (non-hydrogen) atoms. The highest BCUT2D eigenvalue weighted by molar-refractivity contribution is 4.95. The van der Waals surface area contributed by atoms with Crippen LogP contribution in [-0.2, 0) is 0 Å². The summed E-state index contributed by atoms with van der Waals surface area (Å²) in [5, 5.41) is 0. The molecule has 2 fully saturated rings. The molecule has 2 heteroatoms. The van der Waals surface area contributed by atoms with E-state index in [1.807, 2.05) is 0 Å². The van der Waals surface area contributed by atoms with E-state index in [1.54, 1.807) is 0 Å². The molecule has 2 saturated carbocycles. The molecule has 2 rings (SSSR count). The van der Waals surface area contributed by atoms with Gasteiger partial charge in [0.05, 0.1) is 0 Å². The van der Waals surface area contributed by atoms with E-state index in [1.165, 1.54) is 57.9 Å². The summed E-state index contributed by atoms with van der Waals surface area (Å²) in [5.41, 5.74) is 6.40. The lowest BCUT2D eigenvalue weighted by Gasteiger charge is -2.47. The van der Waals surface area contributed by atoms with Crippen molar-refractivity contribution in [3.8, 4) is 0 Å². The number of rotatable bonds is 6. The predicted molar refractivity (Wildman–Crippen MR) is 74.1 cm³/mol. The van der Waals surface area contributed by atoms with E-state index in [0.717, 1.165) is 18.5 Å². The standard InChI is InChI=1S/C15H30N2/c1-3-17(14-9-4-5-10-14)15(2,12-16)11-13-7-6-8-13/h13-14H,3-12,16H2,1-2H3. The fraction of sp³-hybridized carbons (Fsp3) is 1.00. The van der Waals surface area contributed by atoms with Gasteiger partial charge in [0.25, 0.3) is 0 Å². The van der Waals surface area contributed by atoms with Gasteiger partial charge >= 0.3 is 0 Å². The Morgan fingerprint density at radius 1 is 1.12 bits per heavy atom. The lowest BCUT2D eigenvalue weighted by atomic mass is 9.75. The van der Waals surface area contributed by atoms with Crippen molar-refractivity contribution in [2.75, 3.05) is 13.1 Å². The molecule has 2 nitrogen and oxygen atoms in total. The molecule has 2 N–H and O–H groups in total. The molecule has 0 spiro atoms. The van der Waals surface area contributed by atoms with Crippen molar-refractivity contribution in [2.24, 2.45) is 11.7 Å². The second-order valence-electron chi connectivity index (χ2n) is 6.43. The van der Waals surface area contributed by atoms with Crippen LogP contribution in [0, 0.1) is 5.92 Å². The Bertz CT molecular complexity index is 231. The summed E-state index contributed by atoms with van der Waals surface area (Å²) in [7, 11) is 0. The van der Waals surface area contributed by atoms with E-state index < -0.39 is 0 Å². The maximum atomic E-state index is 6.14. The summed E-state index contributed by atoms with van der Waals surface area (Å²) < 4.78 is 0. The average Bonchev–Trinajstić information content (AvgIpc) is 2.78. The second-order valence-corrected chi connectivity index (χ2v) is 6.43. The van der Waals surface area contributed by atoms with E-state index in [-0.39, 0.29) is 5.54 Å². The van der Waals surface area contributed by atoms with Crippen LogP contribution >= 0.6 is 0 Å². The fourth-order valence-electron chi connectivity index (χ4n) is 3.93. The molecule has 0 aromatic rings. The van der Waals surface area contributed by atoms with E-state index in [4.69, 9.17) is 5.73 Å². The van der Waals surface area contributed by atoms with Gasteiger partial charge in [0.15, 0.2) is 0 Å². The van der Waals surface area contributed by atoms with E-state index in [9.17, 15) is 0 Å². The molecule has 0 aromatic heterocycles. The molecule has 0 amide bonds. The Hall–Kier alpha value is -0.0800. The van der Waals surface area contributed by atoms with Gasteiger partial charge in [-0.1, -0.05) is 39.0 Å². The molecule has 0 saturated heterocycles. The van der Waals surface area contributed by atoms with Gasteiger partial charge in [0, 0.05) is 18.1 Å². The van der Waals surface area contributed by atoms with Crippen molar-refractivity contribution in [1.29, 1.82) is 0 Å². The van der Waals surface area contributed by atoms with E-state index in [0.29, 0.717) is 0 Å². The first kappa shape index (κ1) is 13.4. The number of hydrogen-bond donors (Lipinski definition) is 1. The number of hydrogen-bond acceptors (Lipinski definition) is 2. The third-order valence-electron chi connectivity index (χ3n) is 5.19. The Kier molecular flexibility index (Phi) is 4.48.